The topological polar surface area (TPSA) is 79.7 Å². The second-order valence-electron chi connectivity index (χ2n) is 5.56. The molecular formula is C19H20N2O4. The lowest BCUT2D eigenvalue weighted by Gasteiger charge is -2.13. The standard InChI is InChI=1S/C19H20N2O4/c1-11-7-12(8-17(23-3)19(11)24-4)18-15(10-25-21-18)14-6-5-13(22-2)9-16(14)20/h5-10H,20H2,1-4H3. The van der Waals surface area contributed by atoms with E-state index in [-0.39, 0.29) is 0 Å². The van der Waals surface area contributed by atoms with Gasteiger partial charge >= 0.3 is 0 Å². The zero-order valence-corrected chi connectivity index (χ0v) is 14.6. The predicted octanol–water partition coefficient (Wildman–Crippen LogP) is 3.93. The molecule has 130 valence electrons. The number of nitrogens with zero attached hydrogens (tertiary/aromatic N) is 1. The lowest BCUT2D eigenvalue weighted by Crippen LogP contribution is -1.95. The van der Waals surface area contributed by atoms with Gasteiger partial charge in [0.25, 0.3) is 0 Å². The normalized spacial score (nSPS) is 10.6. The van der Waals surface area contributed by atoms with Crippen LogP contribution >= 0.6 is 0 Å². The molecule has 1 heterocycles. The van der Waals surface area contributed by atoms with E-state index in [0.717, 1.165) is 22.3 Å². The SMILES string of the molecule is COc1ccc(-c2conc2-c2cc(C)c(OC)c(OC)c2)c(N)c1. The molecule has 0 aliphatic heterocycles. The highest BCUT2D eigenvalue weighted by Crippen LogP contribution is 2.40. The Balaban J connectivity index is 2.13. The Kier molecular flexibility index (Phi) is 4.52. The van der Waals surface area contributed by atoms with Crippen molar-refractivity contribution in [2.24, 2.45) is 0 Å². The van der Waals surface area contributed by atoms with Crippen molar-refractivity contribution in [1.82, 2.24) is 5.16 Å². The van der Waals surface area contributed by atoms with Crippen LogP contribution in [0, 0.1) is 6.92 Å². The molecule has 0 aliphatic rings. The first-order valence-corrected chi connectivity index (χ1v) is 7.70. The molecule has 6 nitrogen and oxygen atoms in total. The van der Waals surface area contributed by atoms with E-state index in [1.807, 2.05) is 31.2 Å². The Morgan fingerprint density at radius 1 is 0.960 bits per heavy atom. The molecule has 0 fully saturated rings. The van der Waals surface area contributed by atoms with Crippen LogP contribution in [0.3, 0.4) is 0 Å². The second kappa shape index (κ2) is 6.76. The number of nitrogens with two attached hydrogens (primary N) is 1. The van der Waals surface area contributed by atoms with Gasteiger partial charge in [-0.25, -0.2) is 0 Å². The van der Waals surface area contributed by atoms with Crippen LogP contribution in [0.4, 0.5) is 5.69 Å². The van der Waals surface area contributed by atoms with Gasteiger partial charge in [0.2, 0.25) is 0 Å². The summed E-state index contributed by atoms with van der Waals surface area (Å²) in [5, 5.41) is 4.16. The summed E-state index contributed by atoms with van der Waals surface area (Å²) in [5.41, 5.74) is 10.9. The van der Waals surface area contributed by atoms with Crippen molar-refractivity contribution < 1.29 is 18.7 Å². The Hall–Kier alpha value is -3.15. The average molecular weight is 340 g/mol. The minimum atomic E-state index is 0.584. The molecule has 0 aliphatic carbocycles. The van der Waals surface area contributed by atoms with Crippen LogP contribution in [-0.2, 0) is 0 Å². The highest BCUT2D eigenvalue weighted by atomic mass is 16.5. The highest BCUT2D eigenvalue weighted by Gasteiger charge is 2.18. The molecule has 0 radical (unpaired) electrons. The monoisotopic (exact) mass is 340 g/mol. The van der Waals surface area contributed by atoms with Gasteiger partial charge in [-0.3, -0.25) is 0 Å². The highest BCUT2D eigenvalue weighted by molar-refractivity contribution is 5.87. The van der Waals surface area contributed by atoms with Crippen molar-refractivity contribution in [3.05, 3.63) is 42.2 Å². The van der Waals surface area contributed by atoms with Crippen LogP contribution in [0.15, 0.2) is 41.1 Å². The van der Waals surface area contributed by atoms with E-state index in [1.165, 1.54) is 0 Å². The van der Waals surface area contributed by atoms with Crippen LogP contribution < -0.4 is 19.9 Å². The fraction of sp³-hybridized carbons (Fsp3) is 0.211. The Bertz CT molecular complexity index is 902. The third-order valence-corrected chi connectivity index (χ3v) is 4.06. The molecule has 0 atom stereocenters. The average Bonchev–Trinajstić information content (AvgIpc) is 3.10. The summed E-state index contributed by atoms with van der Waals surface area (Å²) >= 11 is 0. The molecule has 0 spiro atoms. The van der Waals surface area contributed by atoms with E-state index in [0.29, 0.717) is 28.6 Å². The van der Waals surface area contributed by atoms with Crippen molar-refractivity contribution in [2.75, 3.05) is 27.1 Å². The van der Waals surface area contributed by atoms with Crippen molar-refractivity contribution in [2.45, 2.75) is 6.92 Å². The molecule has 0 bridgehead atoms. The largest absolute Gasteiger partial charge is 0.497 e. The lowest BCUT2D eigenvalue weighted by molar-refractivity contribution is 0.353. The number of hydrogen-bond acceptors (Lipinski definition) is 6. The van der Waals surface area contributed by atoms with Crippen LogP contribution in [-0.4, -0.2) is 26.5 Å². The second-order valence-corrected chi connectivity index (χ2v) is 5.56. The zero-order valence-electron chi connectivity index (χ0n) is 14.6. The number of hydrogen-bond donors (Lipinski definition) is 1. The lowest BCUT2D eigenvalue weighted by atomic mass is 9.98. The van der Waals surface area contributed by atoms with E-state index in [1.54, 1.807) is 33.7 Å². The number of anilines is 1. The molecule has 6 heteroatoms. The molecule has 2 aromatic carbocycles. The molecule has 0 unspecified atom stereocenters. The van der Waals surface area contributed by atoms with Gasteiger partial charge in [0.15, 0.2) is 11.5 Å². The van der Waals surface area contributed by atoms with Gasteiger partial charge in [0.1, 0.15) is 17.7 Å². The maximum Gasteiger partial charge on any atom is 0.163 e. The summed E-state index contributed by atoms with van der Waals surface area (Å²) < 4.78 is 21.3. The molecule has 0 amide bonds. The predicted molar refractivity (Wildman–Crippen MR) is 96.2 cm³/mol. The summed E-state index contributed by atoms with van der Waals surface area (Å²) in [7, 11) is 4.82. The van der Waals surface area contributed by atoms with Crippen molar-refractivity contribution in [3.63, 3.8) is 0 Å². The number of aromatic nitrogens is 1. The van der Waals surface area contributed by atoms with E-state index in [2.05, 4.69) is 5.16 Å². The first-order valence-electron chi connectivity index (χ1n) is 7.70. The molecule has 0 saturated heterocycles. The summed E-state index contributed by atoms with van der Waals surface area (Å²) in [5.74, 6) is 2.02. The summed E-state index contributed by atoms with van der Waals surface area (Å²) in [6.45, 7) is 1.95. The molecule has 3 aromatic rings. The van der Waals surface area contributed by atoms with Gasteiger partial charge in [-0.1, -0.05) is 5.16 Å². The number of aryl methyl sites for hydroxylation is 1. The van der Waals surface area contributed by atoms with Crippen LogP contribution in [0.25, 0.3) is 22.4 Å². The summed E-state index contributed by atoms with van der Waals surface area (Å²) in [6, 6.07) is 9.35. The molecule has 3 rings (SSSR count). The molecule has 0 saturated carbocycles. The van der Waals surface area contributed by atoms with Crippen LogP contribution in [0.5, 0.6) is 17.2 Å². The third kappa shape index (κ3) is 2.98. The quantitative estimate of drug-likeness (QED) is 0.709. The number of rotatable bonds is 5. The van der Waals surface area contributed by atoms with Crippen molar-refractivity contribution >= 4 is 5.69 Å². The summed E-state index contributed by atoms with van der Waals surface area (Å²) in [4.78, 5) is 0. The van der Waals surface area contributed by atoms with Gasteiger partial charge in [-0.05, 0) is 36.8 Å². The summed E-state index contributed by atoms with van der Waals surface area (Å²) in [6.07, 6.45) is 1.58. The number of ether oxygens (including phenoxy) is 3. The molecular weight excluding hydrogens is 320 g/mol. The van der Waals surface area contributed by atoms with E-state index >= 15 is 0 Å². The number of benzene rings is 2. The first kappa shape index (κ1) is 16.7. The fourth-order valence-electron chi connectivity index (χ4n) is 2.84. The molecule has 1 aromatic heterocycles. The Morgan fingerprint density at radius 3 is 2.40 bits per heavy atom. The van der Waals surface area contributed by atoms with Crippen molar-refractivity contribution in [3.8, 4) is 39.6 Å². The third-order valence-electron chi connectivity index (χ3n) is 4.06. The van der Waals surface area contributed by atoms with Crippen molar-refractivity contribution in [1.29, 1.82) is 0 Å². The smallest absolute Gasteiger partial charge is 0.163 e. The number of nitrogen functional groups attached to an aromatic ring is 1. The number of methoxy groups -OCH3 is 3. The molecule has 25 heavy (non-hydrogen) atoms. The van der Waals surface area contributed by atoms with Gasteiger partial charge in [-0.15, -0.1) is 0 Å². The van der Waals surface area contributed by atoms with Crippen LogP contribution in [0.2, 0.25) is 0 Å². The van der Waals surface area contributed by atoms with Gasteiger partial charge < -0.3 is 24.5 Å². The minimum Gasteiger partial charge on any atom is -0.497 e. The van der Waals surface area contributed by atoms with Gasteiger partial charge in [-0.2, -0.15) is 0 Å². The molecule has 2 N–H and O–H groups in total. The Morgan fingerprint density at radius 2 is 1.76 bits per heavy atom. The Labute approximate surface area is 146 Å². The maximum atomic E-state index is 6.17. The van der Waals surface area contributed by atoms with Gasteiger partial charge in [0.05, 0.1) is 26.9 Å². The van der Waals surface area contributed by atoms with Crippen LogP contribution in [0.1, 0.15) is 5.56 Å². The fourth-order valence-corrected chi connectivity index (χ4v) is 2.84. The maximum absolute atomic E-state index is 6.17. The van der Waals surface area contributed by atoms with E-state index in [9.17, 15) is 0 Å². The minimum absolute atomic E-state index is 0.584. The van der Waals surface area contributed by atoms with E-state index in [4.69, 9.17) is 24.5 Å². The van der Waals surface area contributed by atoms with Gasteiger partial charge in [0, 0.05) is 22.9 Å². The van der Waals surface area contributed by atoms with E-state index < -0.39 is 0 Å². The first-order chi connectivity index (χ1) is 12.1. The zero-order chi connectivity index (χ0) is 18.0.